The van der Waals surface area contributed by atoms with E-state index in [1.54, 1.807) is 0 Å². The molecule has 0 aliphatic carbocycles. The van der Waals surface area contributed by atoms with Gasteiger partial charge in [-0.05, 0) is 24.5 Å². The Labute approximate surface area is 111 Å². The average molecular weight is 263 g/mol. The minimum absolute atomic E-state index is 0.0437. The minimum Gasteiger partial charge on any atom is -0.396 e. The zero-order valence-electron chi connectivity index (χ0n) is 10.8. The fourth-order valence-electron chi connectivity index (χ4n) is 1.79. The number of nitro groups is 1. The van der Waals surface area contributed by atoms with Crippen LogP contribution in [0.2, 0.25) is 0 Å². The number of nitrogens with zero attached hydrogens (tertiary/aromatic N) is 2. The lowest BCUT2D eigenvalue weighted by molar-refractivity contribution is -0.384. The van der Waals surface area contributed by atoms with Gasteiger partial charge < -0.3 is 10.4 Å². The number of benzene rings is 1. The van der Waals surface area contributed by atoms with E-state index in [4.69, 9.17) is 10.4 Å². The molecule has 0 bridgehead atoms. The maximum absolute atomic E-state index is 10.9. The van der Waals surface area contributed by atoms with Gasteiger partial charge in [-0.3, -0.25) is 10.1 Å². The Bertz CT molecular complexity index is 483. The molecule has 0 aliphatic heterocycles. The molecule has 1 aromatic rings. The molecule has 1 aromatic carbocycles. The van der Waals surface area contributed by atoms with Crippen LogP contribution in [0.3, 0.4) is 0 Å². The molecule has 0 spiro atoms. The Morgan fingerprint density at radius 3 is 2.84 bits per heavy atom. The first-order valence-corrected chi connectivity index (χ1v) is 6.15. The lowest BCUT2D eigenvalue weighted by atomic mass is 10.0. The summed E-state index contributed by atoms with van der Waals surface area (Å²) >= 11 is 0. The molecule has 2 N–H and O–H groups in total. The Morgan fingerprint density at radius 2 is 2.32 bits per heavy atom. The fraction of sp³-hybridized carbons (Fsp3) is 0.462. The first-order valence-electron chi connectivity index (χ1n) is 6.15. The number of rotatable bonds is 7. The lowest BCUT2D eigenvalue weighted by Gasteiger charge is -2.15. The summed E-state index contributed by atoms with van der Waals surface area (Å²) in [5.41, 5.74) is 0.682. The van der Waals surface area contributed by atoms with Gasteiger partial charge in [-0.2, -0.15) is 5.26 Å². The summed E-state index contributed by atoms with van der Waals surface area (Å²) in [7, 11) is 0. The number of anilines is 1. The van der Waals surface area contributed by atoms with E-state index in [0.717, 1.165) is 6.42 Å². The molecule has 0 aliphatic rings. The van der Waals surface area contributed by atoms with E-state index in [0.29, 0.717) is 24.2 Å². The molecule has 0 aromatic heterocycles. The van der Waals surface area contributed by atoms with Crippen LogP contribution >= 0.6 is 0 Å². The van der Waals surface area contributed by atoms with E-state index >= 15 is 0 Å². The molecular weight excluding hydrogens is 246 g/mol. The van der Waals surface area contributed by atoms with E-state index in [2.05, 4.69) is 5.32 Å². The molecule has 6 nitrogen and oxygen atoms in total. The van der Waals surface area contributed by atoms with Gasteiger partial charge in [0.25, 0.3) is 5.69 Å². The largest absolute Gasteiger partial charge is 0.396 e. The molecule has 0 saturated heterocycles. The summed E-state index contributed by atoms with van der Waals surface area (Å²) in [6.45, 7) is 2.63. The van der Waals surface area contributed by atoms with Crippen molar-refractivity contribution in [2.75, 3.05) is 18.5 Å². The van der Waals surface area contributed by atoms with Gasteiger partial charge >= 0.3 is 0 Å². The lowest BCUT2D eigenvalue weighted by Crippen LogP contribution is -2.15. The van der Waals surface area contributed by atoms with Crippen molar-refractivity contribution in [2.45, 2.75) is 19.8 Å². The molecule has 0 heterocycles. The Morgan fingerprint density at radius 1 is 1.58 bits per heavy atom. The Hall–Kier alpha value is -2.13. The molecule has 1 rings (SSSR count). The average Bonchev–Trinajstić information content (AvgIpc) is 2.42. The van der Waals surface area contributed by atoms with Gasteiger partial charge in [0.2, 0.25) is 0 Å². The second kappa shape index (κ2) is 7.34. The summed E-state index contributed by atoms with van der Waals surface area (Å²) in [6.07, 6.45) is 1.52. The first kappa shape index (κ1) is 14.9. The second-order valence-electron chi connectivity index (χ2n) is 4.27. The summed E-state index contributed by atoms with van der Waals surface area (Å²) < 4.78 is 0. The second-order valence-corrected chi connectivity index (χ2v) is 4.27. The highest BCUT2D eigenvalue weighted by Crippen LogP contribution is 2.25. The number of hydrogen-bond acceptors (Lipinski definition) is 5. The number of aliphatic hydroxyl groups is 1. The molecular formula is C13H17N3O3. The normalized spacial score (nSPS) is 11.6. The van der Waals surface area contributed by atoms with Crippen molar-refractivity contribution in [1.82, 2.24) is 0 Å². The molecule has 0 amide bonds. The van der Waals surface area contributed by atoms with E-state index < -0.39 is 4.92 Å². The third-order valence-electron chi connectivity index (χ3n) is 3.02. The fourth-order valence-corrected chi connectivity index (χ4v) is 1.79. The Kier molecular flexibility index (Phi) is 5.76. The van der Waals surface area contributed by atoms with Crippen molar-refractivity contribution in [3.05, 3.63) is 33.9 Å². The molecule has 19 heavy (non-hydrogen) atoms. The van der Waals surface area contributed by atoms with E-state index in [1.165, 1.54) is 18.2 Å². The van der Waals surface area contributed by atoms with Crippen LogP contribution in [0.4, 0.5) is 11.4 Å². The number of nitro benzene ring substituents is 1. The zero-order valence-corrected chi connectivity index (χ0v) is 10.8. The number of aliphatic hydroxyl groups excluding tert-OH is 1. The van der Waals surface area contributed by atoms with Crippen LogP contribution in [0.5, 0.6) is 0 Å². The van der Waals surface area contributed by atoms with Crippen LogP contribution < -0.4 is 5.32 Å². The minimum atomic E-state index is -0.476. The van der Waals surface area contributed by atoms with E-state index in [-0.39, 0.29) is 18.2 Å². The summed E-state index contributed by atoms with van der Waals surface area (Å²) in [6, 6.07) is 6.19. The highest BCUT2D eigenvalue weighted by Gasteiger charge is 2.15. The topological polar surface area (TPSA) is 99.2 Å². The molecule has 102 valence electrons. The van der Waals surface area contributed by atoms with Gasteiger partial charge in [0, 0.05) is 19.2 Å². The van der Waals surface area contributed by atoms with Gasteiger partial charge in [-0.1, -0.05) is 13.3 Å². The monoisotopic (exact) mass is 263 g/mol. The van der Waals surface area contributed by atoms with Crippen LogP contribution in [0.1, 0.15) is 25.3 Å². The van der Waals surface area contributed by atoms with Gasteiger partial charge in [-0.25, -0.2) is 0 Å². The van der Waals surface area contributed by atoms with Crippen LogP contribution in [0.25, 0.3) is 0 Å². The molecule has 1 atom stereocenters. The SMILES string of the molecule is CCC(CCO)CNc1cc(C#N)ccc1[N+](=O)[O-]. The van der Waals surface area contributed by atoms with E-state index in [1.807, 2.05) is 13.0 Å². The van der Waals surface area contributed by atoms with E-state index in [9.17, 15) is 10.1 Å². The summed E-state index contributed by atoms with van der Waals surface area (Å²) in [5, 5.41) is 31.6. The quantitative estimate of drug-likeness (QED) is 0.580. The van der Waals surface area contributed by atoms with Gasteiger partial charge in [0.05, 0.1) is 16.6 Å². The third-order valence-corrected chi connectivity index (χ3v) is 3.02. The maximum Gasteiger partial charge on any atom is 0.292 e. The molecule has 6 heteroatoms. The van der Waals surface area contributed by atoms with Crippen molar-refractivity contribution >= 4 is 11.4 Å². The summed E-state index contributed by atoms with van der Waals surface area (Å²) in [4.78, 5) is 10.4. The third kappa shape index (κ3) is 4.23. The van der Waals surface area contributed by atoms with Crippen molar-refractivity contribution in [3.8, 4) is 6.07 Å². The number of nitriles is 1. The number of nitrogens with one attached hydrogen (secondary N) is 1. The van der Waals surface area contributed by atoms with Crippen LogP contribution in [-0.4, -0.2) is 23.2 Å². The van der Waals surface area contributed by atoms with Crippen LogP contribution in [0.15, 0.2) is 18.2 Å². The van der Waals surface area contributed by atoms with Crippen molar-refractivity contribution < 1.29 is 10.0 Å². The molecule has 0 saturated carbocycles. The van der Waals surface area contributed by atoms with Crippen molar-refractivity contribution in [3.63, 3.8) is 0 Å². The highest BCUT2D eigenvalue weighted by atomic mass is 16.6. The van der Waals surface area contributed by atoms with Crippen LogP contribution in [0, 0.1) is 27.4 Å². The van der Waals surface area contributed by atoms with Gasteiger partial charge in [0.1, 0.15) is 5.69 Å². The molecule has 0 radical (unpaired) electrons. The summed E-state index contributed by atoms with van der Waals surface area (Å²) in [5.74, 6) is 0.246. The standard InChI is InChI=1S/C13H17N3O3/c1-2-10(5-6-17)9-15-12-7-11(8-14)3-4-13(12)16(18)19/h3-4,7,10,15,17H,2,5-6,9H2,1H3. The number of hydrogen-bond donors (Lipinski definition) is 2. The Balaban J connectivity index is 2.86. The molecule has 0 fully saturated rings. The molecule has 1 unspecified atom stereocenters. The van der Waals surface area contributed by atoms with Gasteiger partial charge in [0.15, 0.2) is 0 Å². The van der Waals surface area contributed by atoms with Gasteiger partial charge in [-0.15, -0.1) is 0 Å². The highest BCUT2D eigenvalue weighted by molar-refractivity contribution is 5.64. The van der Waals surface area contributed by atoms with Crippen LogP contribution in [-0.2, 0) is 0 Å². The first-order chi connectivity index (χ1) is 9.12. The predicted octanol–water partition coefficient (Wildman–Crippen LogP) is 2.29. The van der Waals surface area contributed by atoms with Crippen molar-refractivity contribution in [2.24, 2.45) is 5.92 Å². The zero-order chi connectivity index (χ0) is 14.3. The van der Waals surface area contributed by atoms with Crippen molar-refractivity contribution in [1.29, 1.82) is 5.26 Å². The predicted molar refractivity (Wildman–Crippen MR) is 71.8 cm³/mol. The smallest absolute Gasteiger partial charge is 0.292 e. The maximum atomic E-state index is 10.9.